The van der Waals surface area contributed by atoms with Crippen molar-refractivity contribution in [3.63, 3.8) is 0 Å². The van der Waals surface area contributed by atoms with E-state index in [0.717, 1.165) is 19.4 Å². The van der Waals surface area contributed by atoms with Crippen molar-refractivity contribution in [3.05, 3.63) is 29.8 Å². The lowest BCUT2D eigenvalue weighted by Gasteiger charge is -2.25. The van der Waals surface area contributed by atoms with E-state index in [9.17, 15) is 9.59 Å². The SMILES string of the molecule is CCC1(C(=O)Nc2cccc(C(=O)NC)c2)CCNC1. The van der Waals surface area contributed by atoms with E-state index in [0.29, 0.717) is 17.8 Å². The minimum absolute atomic E-state index is 0.0269. The normalized spacial score (nSPS) is 21.5. The zero-order valence-electron chi connectivity index (χ0n) is 12.0. The van der Waals surface area contributed by atoms with Gasteiger partial charge in [-0.15, -0.1) is 0 Å². The molecule has 20 heavy (non-hydrogen) atoms. The van der Waals surface area contributed by atoms with Crippen molar-refractivity contribution in [2.45, 2.75) is 19.8 Å². The lowest BCUT2D eigenvalue weighted by molar-refractivity contribution is -0.124. The Labute approximate surface area is 119 Å². The van der Waals surface area contributed by atoms with Crippen molar-refractivity contribution in [2.75, 3.05) is 25.5 Å². The van der Waals surface area contributed by atoms with Crippen molar-refractivity contribution in [2.24, 2.45) is 5.41 Å². The number of amides is 2. The highest BCUT2D eigenvalue weighted by Crippen LogP contribution is 2.31. The van der Waals surface area contributed by atoms with Gasteiger partial charge in [-0.25, -0.2) is 0 Å². The summed E-state index contributed by atoms with van der Waals surface area (Å²) in [6.07, 6.45) is 1.66. The molecule has 3 N–H and O–H groups in total. The molecule has 0 spiro atoms. The van der Waals surface area contributed by atoms with Gasteiger partial charge < -0.3 is 16.0 Å². The van der Waals surface area contributed by atoms with E-state index in [4.69, 9.17) is 0 Å². The van der Waals surface area contributed by atoms with Crippen LogP contribution in [-0.4, -0.2) is 32.0 Å². The fourth-order valence-corrected chi connectivity index (χ4v) is 2.55. The molecular formula is C15H21N3O2. The Bertz CT molecular complexity index is 508. The van der Waals surface area contributed by atoms with E-state index >= 15 is 0 Å². The maximum absolute atomic E-state index is 12.5. The third kappa shape index (κ3) is 2.82. The summed E-state index contributed by atoms with van der Waals surface area (Å²) in [7, 11) is 1.59. The van der Waals surface area contributed by atoms with Crippen LogP contribution in [0.3, 0.4) is 0 Å². The third-order valence-electron chi connectivity index (χ3n) is 4.01. The van der Waals surface area contributed by atoms with Gasteiger partial charge in [0.15, 0.2) is 0 Å². The molecule has 2 rings (SSSR count). The second-order valence-electron chi connectivity index (χ2n) is 5.17. The standard InChI is InChI=1S/C15H21N3O2/c1-3-15(7-8-17-10-15)14(20)18-12-6-4-5-11(9-12)13(19)16-2/h4-6,9,17H,3,7-8,10H2,1-2H3,(H,16,19)(H,18,20). The number of benzene rings is 1. The summed E-state index contributed by atoms with van der Waals surface area (Å²) < 4.78 is 0. The molecule has 2 amide bonds. The van der Waals surface area contributed by atoms with E-state index < -0.39 is 0 Å². The number of carbonyl (C=O) groups is 2. The Kier molecular flexibility index (Phi) is 4.39. The fourth-order valence-electron chi connectivity index (χ4n) is 2.55. The van der Waals surface area contributed by atoms with E-state index in [1.807, 2.05) is 6.92 Å². The van der Waals surface area contributed by atoms with Gasteiger partial charge in [0.05, 0.1) is 5.41 Å². The zero-order chi connectivity index (χ0) is 14.6. The molecule has 0 saturated carbocycles. The molecule has 1 aromatic carbocycles. The molecule has 0 radical (unpaired) electrons. The Morgan fingerprint density at radius 1 is 1.40 bits per heavy atom. The first-order valence-electron chi connectivity index (χ1n) is 6.95. The topological polar surface area (TPSA) is 70.2 Å². The van der Waals surface area contributed by atoms with Gasteiger partial charge in [-0.05, 0) is 37.6 Å². The lowest BCUT2D eigenvalue weighted by Crippen LogP contribution is -2.37. The number of hydrogen-bond donors (Lipinski definition) is 3. The largest absolute Gasteiger partial charge is 0.355 e. The molecule has 0 bridgehead atoms. The predicted octanol–water partition coefficient (Wildman–Crippen LogP) is 1.37. The average molecular weight is 275 g/mol. The van der Waals surface area contributed by atoms with Crippen LogP contribution in [0.2, 0.25) is 0 Å². The van der Waals surface area contributed by atoms with Gasteiger partial charge in [-0.2, -0.15) is 0 Å². The average Bonchev–Trinajstić information content (AvgIpc) is 2.97. The quantitative estimate of drug-likeness (QED) is 0.777. The van der Waals surface area contributed by atoms with Gasteiger partial charge in [-0.3, -0.25) is 9.59 Å². The maximum Gasteiger partial charge on any atom is 0.251 e. The Morgan fingerprint density at radius 3 is 2.80 bits per heavy atom. The van der Waals surface area contributed by atoms with E-state index in [-0.39, 0.29) is 17.2 Å². The molecule has 5 heteroatoms. The molecular weight excluding hydrogens is 254 g/mol. The van der Waals surface area contributed by atoms with Crippen LogP contribution in [0.4, 0.5) is 5.69 Å². The van der Waals surface area contributed by atoms with E-state index in [1.54, 1.807) is 31.3 Å². The predicted molar refractivity (Wildman–Crippen MR) is 78.7 cm³/mol. The van der Waals surface area contributed by atoms with Crippen LogP contribution < -0.4 is 16.0 Å². The van der Waals surface area contributed by atoms with Crippen LogP contribution in [0.5, 0.6) is 0 Å². The summed E-state index contributed by atoms with van der Waals surface area (Å²) in [5, 5.41) is 8.75. The van der Waals surface area contributed by atoms with Gasteiger partial charge in [0.25, 0.3) is 5.91 Å². The molecule has 1 atom stereocenters. The Morgan fingerprint density at radius 2 is 2.20 bits per heavy atom. The van der Waals surface area contributed by atoms with Crippen LogP contribution in [0, 0.1) is 5.41 Å². The minimum atomic E-state index is -0.330. The summed E-state index contributed by atoms with van der Waals surface area (Å²) in [6, 6.07) is 6.99. The Hall–Kier alpha value is -1.88. The van der Waals surface area contributed by atoms with Crippen molar-refractivity contribution < 1.29 is 9.59 Å². The fraction of sp³-hybridized carbons (Fsp3) is 0.467. The first kappa shape index (κ1) is 14.5. The van der Waals surface area contributed by atoms with Gasteiger partial charge in [-0.1, -0.05) is 13.0 Å². The molecule has 1 aliphatic rings. The summed E-state index contributed by atoms with van der Waals surface area (Å²) in [6.45, 7) is 3.62. The number of nitrogens with one attached hydrogen (secondary N) is 3. The lowest BCUT2D eigenvalue weighted by atomic mass is 9.83. The molecule has 1 fully saturated rings. The van der Waals surface area contributed by atoms with Crippen LogP contribution in [0.15, 0.2) is 24.3 Å². The molecule has 1 aromatic rings. The van der Waals surface area contributed by atoms with E-state index in [2.05, 4.69) is 16.0 Å². The van der Waals surface area contributed by atoms with Gasteiger partial charge in [0.2, 0.25) is 5.91 Å². The summed E-state index contributed by atoms with van der Waals surface area (Å²) in [5.74, 6) is -0.132. The van der Waals surface area contributed by atoms with Gasteiger partial charge >= 0.3 is 0 Å². The smallest absolute Gasteiger partial charge is 0.251 e. The molecule has 0 aliphatic carbocycles. The van der Waals surface area contributed by atoms with Crippen LogP contribution in [0.1, 0.15) is 30.1 Å². The highest BCUT2D eigenvalue weighted by molar-refractivity contribution is 5.98. The number of hydrogen-bond acceptors (Lipinski definition) is 3. The monoisotopic (exact) mass is 275 g/mol. The molecule has 5 nitrogen and oxygen atoms in total. The highest BCUT2D eigenvalue weighted by atomic mass is 16.2. The second-order valence-corrected chi connectivity index (χ2v) is 5.17. The van der Waals surface area contributed by atoms with Crippen LogP contribution in [-0.2, 0) is 4.79 Å². The molecule has 108 valence electrons. The molecule has 1 unspecified atom stereocenters. The zero-order valence-corrected chi connectivity index (χ0v) is 12.0. The van der Waals surface area contributed by atoms with Crippen LogP contribution >= 0.6 is 0 Å². The van der Waals surface area contributed by atoms with Crippen molar-refractivity contribution in [1.29, 1.82) is 0 Å². The van der Waals surface area contributed by atoms with Gasteiger partial charge in [0.1, 0.15) is 0 Å². The third-order valence-corrected chi connectivity index (χ3v) is 4.01. The number of carbonyl (C=O) groups excluding carboxylic acids is 2. The summed E-state index contributed by atoms with van der Waals surface area (Å²) >= 11 is 0. The maximum atomic E-state index is 12.5. The Balaban J connectivity index is 2.13. The second kappa shape index (κ2) is 6.05. The molecule has 0 aromatic heterocycles. The van der Waals surface area contributed by atoms with Crippen molar-refractivity contribution in [3.8, 4) is 0 Å². The first-order valence-corrected chi connectivity index (χ1v) is 6.95. The summed E-state index contributed by atoms with van der Waals surface area (Å²) in [5.41, 5.74) is 0.874. The van der Waals surface area contributed by atoms with Crippen LogP contribution in [0.25, 0.3) is 0 Å². The summed E-state index contributed by atoms with van der Waals surface area (Å²) in [4.78, 5) is 24.1. The number of anilines is 1. The molecule has 1 aliphatic heterocycles. The van der Waals surface area contributed by atoms with Gasteiger partial charge in [0, 0.05) is 24.8 Å². The van der Waals surface area contributed by atoms with Crippen molar-refractivity contribution >= 4 is 17.5 Å². The molecule has 1 saturated heterocycles. The van der Waals surface area contributed by atoms with Crippen molar-refractivity contribution in [1.82, 2.24) is 10.6 Å². The minimum Gasteiger partial charge on any atom is -0.355 e. The van der Waals surface area contributed by atoms with E-state index in [1.165, 1.54) is 0 Å². The molecule has 1 heterocycles. The highest BCUT2D eigenvalue weighted by Gasteiger charge is 2.39. The first-order chi connectivity index (χ1) is 9.61. The number of rotatable bonds is 4.